The molecule has 0 amide bonds. The number of benzene rings is 3. The third-order valence-corrected chi connectivity index (χ3v) is 6.92. The molecule has 2 aliphatic rings. The molecule has 8 heteroatoms. The number of rotatable bonds is 7. The van der Waals surface area contributed by atoms with Crippen molar-refractivity contribution in [2.75, 3.05) is 11.9 Å². The SMILES string of the molecule is O=C(Cc1cccc(C2=C(c3ccnc(Nc4ccc5c(c4)CNCC5)n3)CC=N2)c1)c1c(F)cccc1F. The molecular weight excluding hydrogens is 496 g/mol. The average molecular weight is 522 g/mol. The molecule has 0 atom stereocenters. The van der Waals surface area contributed by atoms with Gasteiger partial charge in [0.15, 0.2) is 5.78 Å². The molecule has 0 radical (unpaired) electrons. The molecule has 3 aromatic carbocycles. The van der Waals surface area contributed by atoms with E-state index < -0.39 is 23.0 Å². The average Bonchev–Trinajstić information content (AvgIpc) is 3.44. The largest absolute Gasteiger partial charge is 0.324 e. The third-order valence-electron chi connectivity index (χ3n) is 6.92. The van der Waals surface area contributed by atoms with Crippen LogP contribution in [0.4, 0.5) is 20.4 Å². The predicted octanol–water partition coefficient (Wildman–Crippen LogP) is 5.91. The highest BCUT2D eigenvalue weighted by molar-refractivity contribution is 6.02. The predicted molar refractivity (Wildman–Crippen MR) is 148 cm³/mol. The van der Waals surface area contributed by atoms with Crippen LogP contribution in [-0.4, -0.2) is 28.5 Å². The van der Waals surface area contributed by atoms with Crippen molar-refractivity contribution in [2.24, 2.45) is 4.99 Å². The number of hydrogen-bond acceptors (Lipinski definition) is 6. The summed E-state index contributed by atoms with van der Waals surface area (Å²) in [6.45, 7) is 1.84. The molecule has 2 N–H and O–H groups in total. The number of nitrogens with zero attached hydrogens (tertiary/aromatic N) is 3. The van der Waals surface area contributed by atoms with Gasteiger partial charge in [-0.05, 0) is 66.1 Å². The van der Waals surface area contributed by atoms with Crippen molar-refractivity contribution in [2.45, 2.75) is 25.8 Å². The number of fused-ring (bicyclic) bond motifs is 1. The van der Waals surface area contributed by atoms with E-state index >= 15 is 0 Å². The zero-order valence-corrected chi connectivity index (χ0v) is 21.0. The molecule has 0 saturated heterocycles. The maximum Gasteiger partial charge on any atom is 0.227 e. The van der Waals surface area contributed by atoms with Crippen LogP contribution < -0.4 is 10.6 Å². The quantitative estimate of drug-likeness (QED) is 0.296. The summed E-state index contributed by atoms with van der Waals surface area (Å²) >= 11 is 0. The Morgan fingerprint density at radius 3 is 2.69 bits per heavy atom. The normalized spacial score (nSPS) is 14.4. The summed E-state index contributed by atoms with van der Waals surface area (Å²) in [5, 5.41) is 6.71. The summed E-state index contributed by atoms with van der Waals surface area (Å²) < 4.78 is 28.2. The van der Waals surface area contributed by atoms with E-state index in [0.29, 0.717) is 17.9 Å². The summed E-state index contributed by atoms with van der Waals surface area (Å²) in [6, 6.07) is 18.9. The van der Waals surface area contributed by atoms with Crippen LogP contribution in [0.2, 0.25) is 0 Å². The van der Waals surface area contributed by atoms with Crippen molar-refractivity contribution in [3.63, 3.8) is 0 Å². The number of ketones is 1. The van der Waals surface area contributed by atoms with Gasteiger partial charge in [-0.2, -0.15) is 0 Å². The van der Waals surface area contributed by atoms with Crippen LogP contribution in [0.15, 0.2) is 77.9 Å². The Kier molecular flexibility index (Phi) is 6.77. The first-order valence-electron chi connectivity index (χ1n) is 12.8. The van der Waals surface area contributed by atoms with Crippen molar-refractivity contribution in [3.05, 3.63) is 118 Å². The number of halogens is 2. The van der Waals surface area contributed by atoms with E-state index in [2.05, 4.69) is 32.7 Å². The second-order valence-corrected chi connectivity index (χ2v) is 9.54. The van der Waals surface area contributed by atoms with E-state index in [1.165, 1.54) is 17.2 Å². The summed E-state index contributed by atoms with van der Waals surface area (Å²) in [5.41, 5.74) is 6.89. The van der Waals surface area contributed by atoms with Gasteiger partial charge in [0.05, 0.1) is 17.0 Å². The Balaban J connectivity index is 1.25. The van der Waals surface area contributed by atoms with Crippen LogP contribution in [0.25, 0.3) is 11.3 Å². The minimum Gasteiger partial charge on any atom is -0.324 e. The standard InChI is InChI=1S/C31H25F2N5O/c32-25-5-2-6-26(33)29(25)28(39)16-19-3-1-4-21(15-19)30-24(10-13-35-30)27-11-14-36-31(38-27)37-23-8-7-20-9-12-34-18-22(20)17-23/h1-8,11,13-15,17,34H,9-10,12,16,18H2,(H,36,37,38). The highest BCUT2D eigenvalue weighted by Gasteiger charge is 2.20. The summed E-state index contributed by atoms with van der Waals surface area (Å²) in [7, 11) is 0. The fraction of sp³-hybridized carbons (Fsp3) is 0.161. The molecular formula is C31H25F2N5O. The van der Waals surface area contributed by atoms with E-state index in [1.807, 2.05) is 36.5 Å². The smallest absolute Gasteiger partial charge is 0.227 e. The Morgan fingerprint density at radius 1 is 0.974 bits per heavy atom. The number of aromatic nitrogens is 2. The first-order valence-corrected chi connectivity index (χ1v) is 12.8. The molecule has 194 valence electrons. The molecule has 2 aliphatic heterocycles. The number of Topliss-reactive ketones (excluding diaryl/α,β-unsaturated/α-hetero) is 1. The lowest BCUT2D eigenvalue weighted by atomic mass is 9.98. The van der Waals surface area contributed by atoms with E-state index in [4.69, 9.17) is 4.98 Å². The summed E-state index contributed by atoms with van der Waals surface area (Å²) in [5.74, 6) is -1.85. The third kappa shape index (κ3) is 5.24. The fourth-order valence-electron chi connectivity index (χ4n) is 5.02. The number of hydrogen-bond donors (Lipinski definition) is 2. The van der Waals surface area contributed by atoms with Gasteiger partial charge in [-0.15, -0.1) is 0 Å². The zero-order chi connectivity index (χ0) is 26.8. The molecule has 39 heavy (non-hydrogen) atoms. The van der Waals surface area contributed by atoms with Gasteiger partial charge < -0.3 is 10.6 Å². The van der Waals surface area contributed by atoms with Gasteiger partial charge in [-0.3, -0.25) is 9.79 Å². The second-order valence-electron chi connectivity index (χ2n) is 9.54. The van der Waals surface area contributed by atoms with Gasteiger partial charge in [-0.1, -0.05) is 30.3 Å². The lowest BCUT2D eigenvalue weighted by Crippen LogP contribution is -2.23. The van der Waals surface area contributed by atoms with Crippen molar-refractivity contribution >= 4 is 34.9 Å². The van der Waals surface area contributed by atoms with Crippen LogP contribution >= 0.6 is 0 Å². The van der Waals surface area contributed by atoms with E-state index in [1.54, 1.807) is 12.3 Å². The first kappa shape index (κ1) is 24.8. The van der Waals surface area contributed by atoms with Crippen LogP contribution in [0.3, 0.4) is 0 Å². The number of carbonyl (C=O) groups is 1. The van der Waals surface area contributed by atoms with Gasteiger partial charge >= 0.3 is 0 Å². The van der Waals surface area contributed by atoms with Crippen molar-refractivity contribution in [1.29, 1.82) is 0 Å². The minimum atomic E-state index is -0.859. The Labute approximate surface area is 224 Å². The second kappa shape index (κ2) is 10.7. The van der Waals surface area contributed by atoms with Gasteiger partial charge in [-0.25, -0.2) is 18.7 Å². The molecule has 6 rings (SSSR count). The van der Waals surface area contributed by atoms with E-state index in [0.717, 1.165) is 59.9 Å². The monoisotopic (exact) mass is 521 g/mol. The fourth-order valence-corrected chi connectivity index (χ4v) is 5.02. The van der Waals surface area contributed by atoms with E-state index in [9.17, 15) is 13.6 Å². The summed E-state index contributed by atoms with van der Waals surface area (Å²) in [6.07, 6.45) is 5.03. The molecule has 1 aromatic heterocycles. The molecule has 0 aliphatic carbocycles. The number of anilines is 2. The highest BCUT2D eigenvalue weighted by Crippen LogP contribution is 2.33. The Morgan fingerprint density at radius 2 is 1.82 bits per heavy atom. The molecule has 0 fully saturated rings. The molecule has 0 bridgehead atoms. The topological polar surface area (TPSA) is 79.3 Å². The van der Waals surface area contributed by atoms with Crippen molar-refractivity contribution in [1.82, 2.24) is 15.3 Å². The zero-order valence-electron chi connectivity index (χ0n) is 21.0. The van der Waals surface area contributed by atoms with Gasteiger partial charge in [0, 0.05) is 48.6 Å². The van der Waals surface area contributed by atoms with Crippen molar-refractivity contribution < 1.29 is 13.6 Å². The lowest BCUT2D eigenvalue weighted by Gasteiger charge is -2.18. The number of carbonyl (C=O) groups excluding carboxylic acids is 1. The number of aliphatic imine (C=N–C) groups is 1. The number of nitrogens with one attached hydrogen (secondary N) is 2. The van der Waals surface area contributed by atoms with Gasteiger partial charge in [0.2, 0.25) is 5.95 Å². The molecule has 0 saturated carbocycles. The van der Waals surface area contributed by atoms with Crippen LogP contribution in [0.5, 0.6) is 0 Å². The lowest BCUT2D eigenvalue weighted by molar-refractivity contribution is 0.0985. The van der Waals surface area contributed by atoms with Gasteiger partial charge in [0.25, 0.3) is 0 Å². The number of allylic oxidation sites excluding steroid dienone is 1. The Hall–Kier alpha value is -4.56. The Bertz CT molecular complexity index is 1630. The van der Waals surface area contributed by atoms with Crippen LogP contribution in [0.1, 0.15) is 44.7 Å². The minimum absolute atomic E-state index is 0.129. The molecule has 0 unspecified atom stereocenters. The summed E-state index contributed by atoms with van der Waals surface area (Å²) in [4.78, 5) is 26.4. The maximum atomic E-state index is 14.1. The highest BCUT2D eigenvalue weighted by atomic mass is 19.1. The van der Waals surface area contributed by atoms with E-state index in [-0.39, 0.29) is 6.42 Å². The van der Waals surface area contributed by atoms with Crippen LogP contribution in [-0.2, 0) is 19.4 Å². The molecule has 4 aromatic rings. The van der Waals surface area contributed by atoms with Crippen LogP contribution in [0, 0.1) is 11.6 Å². The maximum absolute atomic E-state index is 14.1. The van der Waals surface area contributed by atoms with Crippen molar-refractivity contribution in [3.8, 4) is 0 Å². The molecule has 0 spiro atoms. The molecule has 6 nitrogen and oxygen atoms in total. The van der Waals surface area contributed by atoms with Gasteiger partial charge in [0.1, 0.15) is 11.6 Å². The molecule has 3 heterocycles. The first-order chi connectivity index (χ1) is 19.0.